The van der Waals surface area contributed by atoms with Crippen molar-refractivity contribution < 1.29 is 9.21 Å². The van der Waals surface area contributed by atoms with Crippen LogP contribution in [0.5, 0.6) is 0 Å². The van der Waals surface area contributed by atoms with Gasteiger partial charge in [-0.25, -0.2) is 0 Å². The van der Waals surface area contributed by atoms with Crippen molar-refractivity contribution in [3.05, 3.63) is 41.6 Å². The molecule has 2 rings (SSSR count). The van der Waals surface area contributed by atoms with Gasteiger partial charge in [0.2, 0.25) is 0 Å². The predicted molar refractivity (Wildman–Crippen MR) is 53.2 cm³/mol. The zero-order chi connectivity index (χ0) is 10.7. The van der Waals surface area contributed by atoms with E-state index in [2.05, 4.69) is 15.5 Å². The Hall–Kier alpha value is -2.04. The minimum atomic E-state index is -0.155. The first-order valence-electron chi connectivity index (χ1n) is 4.58. The molecule has 0 fully saturated rings. The zero-order valence-electron chi connectivity index (χ0n) is 8.28. The summed E-state index contributed by atoms with van der Waals surface area (Å²) in [7, 11) is 0. The topological polar surface area (TPSA) is 70.9 Å². The normalized spacial score (nSPS) is 10.2. The molecule has 15 heavy (non-hydrogen) atoms. The fraction of sp³-hybridized carbons (Fsp3) is 0.200. The van der Waals surface area contributed by atoms with Gasteiger partial charge in [-0.2, -0.15) is 5.10 Å². The Bertz CT molecular complexity index is 445. The number of aryl methyl sites for hydroxylation is 1. The van der Waals surface area contributed by atoms with E-state index in [0.29, 0.717) is 12.1 Å². The Morgan fingerprint density at radius 3 is 3.13 bits per heavy atom. The minimum Gasteiger partial charge on any atom is -0.467 e. The van der Waals surface area contributed by atoms with Gasteiger partial charge in [0.15, 0.2) is 0 Å². The van der Waals surface area contributed by atoms with Gasteiger partial charge in [-0.05, 0) is 19.1 Å². The molecule has 2 aromatic heterocycles. The molecule has 1 amide bonds. The number of aromatic nitrogens is 2. The Labute approximate surface area is 86.5 Å². The van der Waals surface area contributed by atoms with Crippen LogP contribution in [0.1, 0.15) is 21.8 Å². The third-order valence-electron chi connectivity index (χ3n) is 2.08. The lowest BCUT2D eigenvalue weighted by Crippen LogP contribution is -2.22. The Morgan fingerprint density at radius 2 is 2.53 bits per heavy atom. The zero-order valence-corrected chi connectivity index (χ0v) is 8.28. The van der Waals surface area contributed by atoms with Crippen molar-refractivity contribution in [1.29, 1.82) is 0 Å². The maximum absolute atomic E-state index is 11.6. The van der Waals surface area contributed by atoms with Crippen molar-refractivity contribution in [3.63, 3.8) is 0 Å². The molecule has 0 aliphatic carbocycles. The molecule has 2 aromatic rings. The highest BCUT2D eigenvalue weighted by Crippen LogP contribution is 2.03. The number of rotatable bonds is 3. The Kier molecular flexibility index (Phi) is 2.53. The monoisotopic (exact) mass is 205 g/mol. The third kappa shape index (κ3) is 2.07. The summed E-state index contributed by atoms with van der Waals surface area (Å²) >= 11 is 0. The molecule has 0 spiro atoms. The number of hydrogen-bond donors (Lipinski definition) is 2. The Morgan fingerprint density at radius 1 is 1.67 bits per heavy atom. The standard InChI is InChI=1S/C10H11N3O2/c1-7-9(6-12-13-7)10(14)11-5-8-3-2-4-15-8/h2-4,6H,5H2,1H3,(H,11,14)(H,12,13). The largest absolute Gasteiger partial charge is 0.467 e. The maximum atomic E-state index is 11.6. The smallest absolute Gasteiger partial charge is 0.255 e. The summed E-state index contributed by atoms with van der Waals surface area (Å²) in [6.45, 7) is 2.19. The number of furan rings is 1. The summed E-state index contributed by atoms with van der Waals surface area (Å²) in [4.78, 5) is 11.6. The first-order valence-corrected chi connectivity index (χ1v) is 4.58. The molecule has 2 heterocycles. The highest BCUT2D eigenvalue weighted by Gasteiger charge is 2.10. The summed E-state index contributed by atoms with van der Waals surface area (Å²) < 4.78 is 5.09. The number of aromatic amines is 1. The van der Waals surface area contributed by atoms with E-state index >= 15 is 0 Å². The van der Waals surface area contributed by atoms with Crippen LogP contribution in [0.25, 0.3) is 0 Å². The molecule has 5 nitrogen and oxygen atoms in total. The summed E-state index contributed by atoms with van der Waals surface area (Å²) in [6.07, 6.45) is 3.08. The predicted octanol–water partition coefficient (Wildman–Crippen LogP) is 1.24. The van der Waals surface area contributed by atoms with E-state index in [4.69, 9.17) is 4.42 Å². The lowest BCUT2D eigenvalue weighted by Gasteiger charge is -2.01. The highest BCUT2D eigenvalue weighted by atomic mass is 16.3. The van der Waals surface area contributed by atoms with E-state index in [1.54, 1.807) is 19.3 Å². The SMILES string of the molecule is Cc1[nH]ncc1C(=O)NCc1ccco1. The molecule has 0 aromatic carbocycles. The number of carbonyl (C=O) groups excluding carboxylic acids is 1. The molecule has 0 aliphatic heterocycles. The van der Waals surface area contributed by atoms with E-state index in [1.165, 1.54) is 6.20 Å². The van der Waals surface area contributed by atoms with Crippen LogP contribution in [0, 0.1) is 6.92 Å². The van der Waals surface area contributed by atoms with Crippen LogP contribution < -0.4 is 5.32 Å². The molecule has 0 saturated heterocycles. The molecule has 78 valence electrons. The maximum Gasteiger partial charge on any atom is 0.255 e. The molecule has 0 aliphatic rings. The molecule has 5 heteroatoms. The van der Waals surface area contributed by atoms with Crippen LogP contribution >= 0.6 is 0 Å². The Balaban J connectivity index is 1.96. The van der Waals surface area contributed by atoms with E-state index in [-0.39, 0.29) is 5.91 Å². The summed E-state index contributed by atoms with van der Waals surface area (Å²) in [6, 6.07) is 3.59. The van der Waals surface area contributed by atoms with Crippen LogP contribution in [0.4, 0.5) is 0 Å². The van der Waals surface area contributed by atoms with Crippen molar-refractivity contribution >= 4 is 5.91 Å². The molecule has 0 radical (unpaired) electrons. The number of nitrogens with zero attached hydrogens (tertiary/aromatic N) is 1. The lowest BCUT2D eigenvalue weighted by atomic mass is 10.2. The average molecular weight is 205 g/mol. The quantitative estimate of drug-likeness (QED) is 0.791. The van der Waals surface area contributed by atoms with Crippen LogP contribution in [0.15, 0.2) is 29.0 Å². The fourth-order valence-electron chi connectivity index (χ4n) is 1.26. The van der Waals surface area contributed by atoms with Crippen molar-refractivity contribution in [2.45, 2.75) is 13.5 Å². The third-order valence-corrected chi connectivity index (χ3v) is 2.08. The lowest BCUT2D eigenvalue weighted by molar-refractivity contribution is 0.0947. The number of nitrogens with one attached hydrogen (secondary N) is 2. The number of hydrogen-bond acceptors (Lipinski definition) is 3. The summed E-state index contributed by atoms with van der Waals surface area (Å²) in [5.74, 6) is 0.571. The fourth-order valence-corrected chi connectivity index (χ4v) is 1.26. The average Bonchev–Trinajstić information content (AvgIpc) is 2.84. The van der Waals surface area contributed by atoms with Crippen LogP contribution in [0.3, 0.4) is 0 Å². The molecule has 0 atom stereocenters. The van der Waals surface area contributed by atoms with Crippen LogP contribution in [-0.2, 0) is 6.54 Å². The van der Waals surface area contributed by atoms with Gasteiger partial charge >= 0.3 is 0 Å². The molecule has 0 saturated carbocycles. The summed E-state index contributed by atoms with van der Waals surface area (Å²) in [5, 5.41) is 9.22. The van der Waals surface area contributed by atoms with Crippen molar-refractivity contribution in [2.24, 2.45) is 0 Å². The van der Waals surface area contributed by atoms with E-state index < -0.39 is 0 Å². The highest BCUT2D eigenvalue weighted by molar-refractivity contribution is 5.94. The van der Waals surface area contributed by atoms with Crippen molar-refractivity contribution in [1.82, 2.24) is 15.5 Å². The second-order valence-electron chi connectivity index (χ2n) is 3.17. The van der Waals surface area contributed by atoms with E-state index in [9.17, 15) is 4.79 Å². The summed E-state index contributed by atoms with van der Waals surface area (Å²) in [5.41, 5.74) is 1.31. The molecule has 0 unspecified atom stereocenters. The second kappa shape index (κ2) is 4.00. The van der Waals surface area contributed by atoms with Gasteiger partial charge < -0.3 is 9.73 Å². The molecular formula is C10H11N3O2. The number of H-pyrrole nitrogens is 1. The van der Waals surface area contributed by atoms with Gasteiger partial charge in [-0.15, -0.1) is 0 Å². The molecule has 0 bridgehead atoms. The minimum absolute atomic E-state index is 0.155. The van der Waals surface area contributed by atoms with Gasteiger partial charge in [-0.1, -0.05) is 0 Å². The number of amides is 1. The molecule has 2 N–H and O–H groups in total. The van der Waals surface area contributed by atoms with Gasteiger partial charge in [0, 0.05) is 5.69 Å². The first-order chi connectivity index (χ1) is 7.27. The van der Waals surface area contributed by atoms with Crippen molar-refractivity contribution in [2.75, 3.05) is 0 Å². The van der Waals surface area contributed by atoms with Crippen LogP contribution in [0.2, 0.25) is 0 Å². The van der Waals surface area contributed by atoms with Crippen molar-refractivity contribution in [3.8, 4) is 0 Å². The number of carbonyl (C=O) groups is 1. The first kappa shape index (κ1) is 9.51. The van der Waals surface area contributed by atoms with Gasteiger partial charge in [0.1, 0.15) is 5.76 Å². The molecular weight excluding hydrogens is 194 g/mol. The second-order valence-corrected chi connectivity index (χ2v) is 3.17. The van der Waals surface area contributed by atoms with Gasteiger partial charge in [0.25, 0.3) is 5.91 Å². The van der Waals surface area contributed by atoms with E-state index in [0.717, 1.165) is 11.5 Å². The van der Waals surface area contributed by atoms with Gasteiger partial charge in [-0.3, -0.25) is 9.89 Å². The van der Waals surface area contributed by atoms with Gasteiger partial charge in [0.05, 0.1) is 24.6 Å². The van der Waals surface area contributed by atoms with E-state index in [1.807, 2.05) is 6.07 Å². The van der Waals surface area contributed by atoms with Crippen LogP contribution in [-0.4, -0.2) is 16.1 Å².